The van der Waals surface area contributed by atoms with Crippen molar-refractivity contribution in [3.8, 4) is 0 Å². The number of carboxylic acid groups (broad SMARTS) is 1. The summed E-state index contributed by atoms with van der Waals surface area (Å²) in [7, 11) is 0. The Bertz CT molecular complexity index is 404. The first-order valence-corrected chi connectivity index (χ1v) is 7.69. The van der Waals surface area contributed by atoms with E-state index in [9.17, 15) is 9.59 Å². The van der Waals surface area contributed by atoms with E-state index in [1.54, 1.807) is 0 Å². The molecule has 6 heteroatoms. The van der Waals surface area contributed by atoms with Gasteiger partial charge in [-0.1, -0.05) is 0 Å². The Labute approximate surface area is 125 Å². The first kappa shape index (κ1) is 16.1. The van der Waals surface area contributed by atoms with Gasteiger partial charge in [0.15, 0.2) is 0 Å². The number of hydrogen-bond acceptors (Lipinski definition) is 4. The van der Waals surface area contributed by atoms with Crippen molar-refractivity contribution in [3.63, 3.8) is 0 Å². The van der Waals surface area contributed by atoms with Gasteiger partial charge >= 0.3 is 12.1 Å². The van der Waals surface area contributed by atoms with Crippen LogP contribution in [0.4, 0.5) is 4.79 Å². The zero-order valence-electron chi connectivity index (χ0n) is 13.1. The molecule has 2 fully saturated rings. The van der Waals surface area contributed by atoms with E-state index in [-0.39, 0.29) is 17.6 Å². The van der Waals surface area contributed by atoms with Gasteiger partial charge in [0, 0.05) is 12.1 Å². The van der Waals surface area contributed by atoms with Gasteiger partial charge in [0.05, 0.1) is 0 Å². The van der Waals surface area contributed by atoms with Crippen molar-refractivity contribution in [1.82, 2.24) is 10.6 Å². The van der Waals surface area contributed by atoms with Crippen LogP contribution in [-0.2, 0) is 9.53 Å². The van der Waals surface area contributed by atoms with Crippen molar-refractivity contribution in [3.05, 3.63) is 0 Å². The van der Waals surface area contributed by atoms with Crippen molar-refractivity contribution >= 4 is 12.1 Å². The average molecular weight is 298 g/mol. The van der Waals surface area contributed by atoms with Gasteiger partial charge in [-0.15, -0.1) is 0 Å². The molecule has 2 rings (SSSR count). The number of carboxylic acids is 1. The van der Waals surface area contributed by atoms with Crippen molar-refractivity contribution in [2.24, 2.45) is 5.92 Å². The highest BCUT2D eigenvalue weighted by atomic mass is 16.6. The molecule has 2 aliphatic rings. The minimum Gasteiger partial charge on any atom is -0.480 e. The Hall–Kier alpha value is -1.30. The molecule has 21 heavy (non-hydrogen) atoms. The molecule has 0 radical (unpaired) electrons. The number of carbonyl (C=O) groups excluding carboxylic acids is 1. The van der Waals surface area contributed by atoms with Gasteiger partial charge in [0.1, 0.15) is 11.6 Å². The second kappa shape index (κ2) is 5.83. The molecule has 6 nitrogen and oxygen atoms in total. The number of nitrogens with one attached hydrogen (secondary N) is 2. The summed E-state index contributed by atoms with van der Waals surface area (Å²) in [4.78, 5) is 23.0. The van der Waals surface area contributed by atoms with E-state index in [0.717, 1.165) is 25.7 Å². The van der Waals surface area contributed by atoms with E-state index in [2.05, 4.69) is 10.6 Å². The Kier molecular flexibility index (Phi) is 4.46. The van der Waals surface area contributed by atoms with Crippen molar-refractivity contribution in [2.45, 2.75) is 70.1 Å². The minimum absolute atomic E-state index is 0.223. The van der Waals surface area contributed by atoms with Gasteiger partial charge in [0.2, 0.25) is 0 Å². The highest BCUT2D eigenvalue weighted by Gasteiger charge is 2.47. The number of carbonyl (C=O) groups is 2. The third-order valence-corrected chi connectivity index (χ3v) is 4.49. The smallest absolute Gasteiger partial charge is 0.408 e. The van der Waals surface area contributed by atoms with E-state index >= 15 is 0 Å². The fourth-order valence-electron chi connectivity index (χ4n) is 3.24. The van der Waals surface area contributed by atoms with Gasteiger partial charge in [-0.25, -0.2) is 4.79 Å². The van der Waals surface area contributed by atoms with Crippen LogP contribution in [0.2, 0.25) is 0 Å². The highest BCUT2D eigenvalue weighted by molar-refractivity contribution is 5.73. The maximum absolute atomic E-state index is 12.0. The summed E-state index contributed by atoms with van der Waals surface area (Å²) in [5.41, 5.74) is -0.729. The summed E-state index contributed by atoms with van der Waals surface area (Å²) in [6.45, 7) is 6.17. The van der Waals surface area contributed by atoms with Gasteiger partial charge in [-0.2, -0.15) is 0 Å². The van der Waals surface area contributed by atoms with Gasteiger partial charge < -0.3 is 20.5 Å². The van der Waals surface area contributed by atoms with Crippen LogP contribution >= 0.6 is 0 Å². The highest BCUT2D eigenvalue weighted by Crippen LogP contribution is 2.41. The molecule has 0 aromatic carbocycles. The first-order chi connectivity index (χ1) is 9.72. The lowest BCUT2D eigenvalue weighted by Crippen LogP contribution is -2.63. The standard InChI is InChI=1S/C15H26N2O4/c1-14(2,3)21-13(20)17-15(7-4-8-15)10-5-6-11(12(18)19)16-9-10/h10-11,16H,4-9H2,1-3H3,(H,17,20)(H,18,19). The van der Waals surface area contributed by atoms with E-state index < -0.39 is 17.6 Å². The molecular weight excluding hydrogens is 272 g/mol. The number of ether oxygens (including phenoxy) is 1. The van der Waals surface area contributed by atoms with Crippen LogP contribution < -0.4 is 10.6 Å². The average Bonchev–Trinajstić information content (AvgIpc) is 2.32. The number of rotatable bonds is 3. The third-order valence-electron chi connectivity index (χ3n) is 4.49. The van der Waals surface area contributed by atoms with Gasteiger partial charge in [-0.3, -0.25) is 4.79 Å². The summed E-state index contributed by atoms with van der Waals surface area (Å²) in [6.07, 6.45) is 4.03. The lowest BCUT2D eigenvalue weighted by molar-refractivity contribution is -0.140. The molecule has 2 atom stereocenters. The molecule has 1 saturated carbocycles. The SMILES string of the molecule is CC(C)(C)OC(=O)NC1(C2CCC(C(=O)O)NC2)CCC1. The normalized spacial score (nSPS) is 28.3. The zero-order valence-corrected chi connectivity index (χ0v) is 13.1. The maximum atomic E-state index is 12.0. The van der Waals surface area contributed by atoms with E-state index in [4.69, 9.17) is 9.84 Å². The molecule has 120 valence electrons. The lowest BCUT2D eigenvalue weighted by Gasteiger charge is -2.50. The number of hydrogen-bond donors (Lipinski definition) is 3. The zero-order chi connectivity index (χ0) is 15.7. The second-order valence-corrected chi connectivity index (χ2v) is 7.21. The first-order valence-electron chi connectivity index (χ1n) is 7.69. The van der Waals surface area contributed by atoms with E-state index in [1.165, 1.54) is 0 Å². The summed E-state index contributed by atoms with van der Waals surface area (Å²) >= 11 is 0. The summed E-state index contributed by atoms with van der Waals surface area (Å²) < 4.78 is 5.35. The molecule has 1 saturated heterocycles. The van der Waals surface area contributed by atoms with Crippen molar-refractivity contribution in [1.29, 1.82) is 0 Å². The molecular formula is C15H26N2O4. The van der Waals surface area contributed by atoms with Crippen LogP contribution in [0.5, 0.6) is 0 Å². The fourth-order valence-corrected chi connectivity index (χ4v) is 3.24. The summed E-state index contributed by atoms with van der Waals surface area (Å²) in [5.74, 6) is -0.523. The lowest BCUT2D eigenvalue weighted by atomic mass is 9.65. The Balaban J connectivity index is 1.93. The topological polar surface area (TPSA) is 87.7 Å². The molecule has 0 aromatic heterocycles. The molecule has 0 aromatic rings. The molecule has 0 bridgehead atoms. The molecule has 2 unspecified atom stereocenters. The Morgan fingerprint density at radius 2 is 1.95 bits per heavy atom. The van der Waals surface area contributed by atoms with Crippen LogP contribution in [-0.4, -0.2) is 40.9 Å². The molecule has 0 spiro atoms. The van der Waals surface area contributed by atoms with Crippen LogP contribution in [0.3, 0.4) is 0 Å². The van der Waals surface area contributed by atoms with Crippen LogP contribution in [0.1, 0.15) is 52.9 Å². The van der Waals surface area contributed by atoms with E-state index in [0.29, 0.717) is 13.0 Å². The minimum atomic E-state index is -0.795. The fraction of sp³-hybridized carbons (Fsp3) is 0.867. The molecule has 1 heterocycles. The van der Waals surface area contributed by atoms with E-state index in [1.807, 2.05) is 20.8 Å². The number of alkyl carbamates (subject to hydrolysis) is 1. The number of amides is 1. The van der Waals surface area contributed by atoms with Gasteiger partial charge in [0.25, 0.3) is 0 Å². The molecule has 1 aliphatic heterocycles. The Morgan fingerprint density at radius 1 is 1.29 bits per heavy atom. The number of aliphatic carboxylic acids is 1. The predicted octanol–water partition coefficient (Wildman–Crippen LogP) is 1.89. The van der Waals surface area contributed by atoms with Gasteiger partial charge in [-0.05, 0) is 58.8 Å². The summed E-state index contributed by atoms with van der Waals surface area (Å²) in [6, 6.07) is -0.458. The monoisotopic (exact) mass is 298 g/mol. The summed E-state index contributed by atoms with van der Waals surface area (Å²) in [5, 5.41) is 15.1. The third kappa shape index (κ3) is 3.87. The second-order valence-electron chi connectivity index (χ2n) is 7.21. The predicted molar refractivity (Wildman–Crippen MR) is 78.1 cm³/mol. The molecule has 3 N–H and O–H groups in total. The number of piperidine rings is 1. The van der Waals surface area contributed by atoms with Crippen LogP contribution in [0.25, 0.3) is 0 Å². The maximum Gasteiger partial charge on any atom is 0.408 e. The molecule has 1 amide bonds. The van der Waals surface area contributed by atoms with Crippen LogP contribution in [0.15, 0.2) is 0 Å². The van der Waals surface area contributed by atoms with Crippen molar-refractivity contribution < 1.29 is 19.4 Å². The molecule has 1 aliphatic carbocycles. The largest absolute Gasteiger partial charge is 0.480 e. The quantitative estimate of drug-likeness (QED) is 0.740. The van der Waals surface area contributed by atoms with Crippen molar-refractivity contribution in [2.75, 3.05) is 6.54 Å². The Morgan fingerprint density at radius 3 is 2.33 bits per heavy atom. The van der Waals surface area contributed by atoms with Crippen LogP contribution in [0, 0.1) is 5.92 Å².